The van der Waals surface area contributed by atoms with E-state index >= 15 is 0 Å². The molecule has 124 valence electrons. The van der Waals surface area contributed by atoms with Crippen LogP contribution in [0.15, 0.2) is 51.9 Å². The Hall–Kier alpha value is -2.80. The summed E-state index contributed by atoms with van der Waals surface area (Å²) in [6.45, 7) is 0.681. The second-order valence-electron chi connectivity index (χ2n) is 4.90. The molecule has 0 aliphatic heterocycles. The van der Waals surface area contributed by atoms with Crippen molar-refractivity contribution in [3.63, 3.8) is 0 Å². The third-order valence-corrected chi connectivity index (χ3v) is 3.92. The zero-order valence-corrected chi connectivity index (χ0v) is 13.8. The number of carbonyl (C=O) groups is 1. The minimum absolute atomic E-state index is 0.212. The van der Waals surface area contributed by atoms with Gasteiger partial charge in [-0.05, 0) is 30.3 Å². The lowest BCUT2D eigenvalue weighted by Gasteiger charge is -2.11. The van der Waals surface area contributed by atoms with Crippen LogP contribution < -0.4 is 14.8 Å². The van der Waals surface area contributed by atoms with Gasteiger partial charge in [-0.25, -0.2) is 4.98 Å². The molecule has 0 aliphatic rings. The smallest absolute Gasteiger partial charge is 0.251 e. The second kappa shape index (κ2) is 7.65. The van der Waals surface area contributed by atoms with Crippen molar-refractivity contribution in [2.24, 2.45) is 0 Å². The molecule has 6 nitrogen and oxygen atoms in total. The number of nitrogens with zero attached hydrogens (tertiary/aromatic N) is 1. The highest BCUT2D eigenvalue weighted by Crippen LogP contribution is 2.28. The Balaban J connectivity index is 1.65. The third-order valence-electron chi connectivity index (χ3n) is 3.29. The highest BCUT2D eigenvalue weighted by molar-refractivity contribution is 7.07. The van der Waals surface area contributed by atoms with Gasteiger partial charge in [0.05, 0.1) is 31.1 Å². The summed E-state index contributed by atoms with van der Waals surface area (Å²) in [5.41, 5.74) is 3.09. The predicted octanol–water partition coefficient (Wildman–Crippen LogP) is 3.25. The summed E-state index contributed by atoms with van der Waals surface area (Å²) in [7, 11) is 1.54. The molecule has 0 spiro atoms. The van der Waals surface area contributed by atoms with Gasteiger partial charge in [0, 0.05) is 10.9 Å². The summed E-state index contributed by atoms with van der Waals surface area (Å²) in [4.78, 5) is 16.4. The van der Waals surface area contributed by atoms with Crippen LogP contribution in [0.1, 0.15) is 21.8 Å². The zero-order valence-electron chi connectivity index (χ0n) is 13.0. The van der Waals surface area contributed by atoms with Crippen LogP contribution in [0.5, 0.6) is 11.5 Å². The van der Waals surface area contributed by atoms with Gasteiger partial charge in [0.15, 0.2) is 11.5 Å². The number of methoxy groups -OCH3 is 1. The number of hydrogen-bond acceptors (Lipinski definition) is 6. The Labute approximate surface area is 143 Å². The number of rotatable bonds is 7. The van der Waals surface area contributed by atoms with E-state index in [1.807, 2.05) is 5.38 Å². The van der Waals surface area contributed by atoms with E-state index in [9.17, 15) is 4.79 Å². The summed E-state index contributed by atoms with van der Waals surface area (Å²) >= 11 is 1.51. The maximum atomic E-state index is 12.2. The summed E-state index contributed by atoms with van der Waals surface area (Å²) in [6, 6.07) is 8.63. The molecule has 0 saturated carbocycles. The normalized spacial score (nSPS) is 10.4. The van der Waals surface area contributed by atoms with Crippen LogP contribution in [0.25, 0.3) is 0 Å². The van der Waals surface area contributed by atoms with Gasteiger partial charge in [0.2, 0.25) is 0 Å². The molecular weight excluding hydrogens is 328 g/mol. The molecule has 0 aliphatic carbocycles. The Morgan fingerprint density at radius 3 is 2.96 bits per heavy atom. The molecule has 0 saturated heterocycles. The molecule has 0 unspecified atom stereocenters. The Bertz CT molecular complexity index is 785. The Morgan fingerprint density at radius 2 is 2.25 bits per heavy atom. The van der Waals surface area contributed by atoms with Crippen LogP contribution >= 0.6 is 11.3 Å². The van der Waals surface area contributed by atoms with Gasteiger partial charge in [-0.1, -0.05) is 0 Å². The fourth-order valence-electron chi connectivity index (χ4n) is 2.07. The summed E-state index contributed by atoms with van der Waals surface area (Å²) in [5.74, 6) is 1.54. The van der Waals surface area contributed by atoms with E-state index in [0.717, 1.165) is 5.69 Å². The van der Waals surface area contributed by atoms with Gasteiger partial charge in [-0.15, -0.1) is 11.3 Å². The first-order valence-corrected chi connectivity index (χ1v) is 8.19. The number of carbonyl (C=O) groups excluding carboxylic acids is 1. The average molecular weight is 344 g/mol. The number of aromatic nitrogens is 1. The van der Waals surface area contributed by atoms with E-state index in [4.69, 9.17) is 13.9 Å². The van der Waals surface area contributed by atoms with Crippen molar-refractivity contribution in [1.82, 2.24) is 10.3 Å². The van der Waals surface area contributed by atoms with Crippen molar-refractivity contribution in [2.75, 3.05) is 7.11 Å². The van der Waals surface area contributed by atoms with Gasteiger partial charge in [0.25, 0.3) is 5.91 Å². The van der Waals surface area contributed by atoms with E-state index in [1.54, 1.807) is 42.1 Å². The van der Waals surface area contributed by atoms with Crippen molar-refractivity contribution in [3.05, 3.63) is 64.5 Å². The van der Waals surface area contributed by atoms with E-state index in [1.165, 1.54) is 18.4 Å². The molecule has 2 heterocycles. The quantitative estimate of drug-likeness (QED) is 0.712. The lowest BCUT2D eigenvalue weighted by Crippen LogP contribution is -2.22. The zero-order chi connectivity index (χ0) is 16.8. The molecule has 1 N–H and O–H groups in total. The van der Waals surface area contributed by atoms with Gasteiger partial charge < -0.3 is 19.2 Å². The maximum absolute atomic E-state index is 12.2. The first-order valence-electron chi connectivity index (χ1n) is 7.25. The molecule has 2 aromatic heterocycles. The summed E-state index contributed by atoms with van der Waals surface area (Å²) < 4.78 is 16.2. The first-order chi connectivity index (χ1) is 11.8. The van der Waals surface area contributed by atoms with Gasteiger partial charge in [-0.2, -0.15) is 0 Å². The van der Waals surface area contributed by atoms with Crippen molar-refractivity contribution in [1.29, 1.82) is 0 Å². The largest absolute Gasteiger partial charge is 0.493 e. The van der Waals surface area contributed by atoms with E-state index < -0.39 is 0 Å². The molecular formula is C17H16N2O4S. The molecule has 1 amide bonds. The number of hydrogen-bond donors (Lipinski definition) is 1. The number of amides is 1. The molecule has 0 radical (unpaired) electrons. The lowest BCUT2D eigenvalue weighted by atomic mass is 10.2. The minimum Gasteiger partial charge on any atom is -0.493 e. The summed E-state index contributed by atoms with van der Waals surface area (Å²) in [6.07, 6.45) is 1.57. The molecule has 7 heteroatoms. The third kappa shape index (κ3) is 3.94. The monoisotopic (exact) mass is 344 g/mol. The molecule has 24 heavy (non-hydrogen) atoms. The average Bonchev–Trinajstić information content (AvgIpc) is 3.31. The standard InChI is InChI=1S/C17H16N2O4S/c1-21-16-7-12(17(20)18-8-14-3-2-6-22-14)4-5-15(16)23-9-13-10-24-11-19-13/h2-7,10-11H,8-9H2,1H3,(H,18,20). The fourth-order valence-corrected chi connectivity index (χ4v) is 2.61. The fraction of sp³-hybridized carbons (Fsp3) is 0.176. The number of nitrogens with one attached hydrogen (secondary N) is 1. The number of thiazole rings is 1. The van der Waals surface area contributed by atoms with Crippen molar-refractivity contribution < 1.29 is 18.7 Å². The van der Waals surface area contributed by atoms with Crippen LogP contribution in [0, 0.1) is 0 Å². The van der Waals surface area contributed by atoms with Gasteiger partial charge >= 0.3 is 0 Å². The Morgan fingerprint density at radius 1 is 1.33 bits per heavy atom. The van der Waals surface area contributed by atoms with Crippen molar-refractivity contribution >= 4 is 17.2 Å². The van der Waals surface area contributed by atoms with E-state index in [2.05, 4.69) is 10.3 Å². The minimum atomic E-state index is -0.212. The summed E-state index contributed by atoms with van der Waals surface area (Å²) in [5, 5.41) is 4.71. The second-order valence-corrected chi connectivity index (χ2v) is 5.61. The highest BCUT2D eigenvalue weighted by Gasteiger charge is 2.12. The van der Waals surface area contributed by atoms with E-state index in [0.29, 0.717) is 36.0 Å². The van der Waals surface area contributed by atoms with Crippen molar-refractivity contribution in [2.45, 2.75) is 13.2 Å². The van der Waals surface area contributed by atoms with Gasteiger partial charge in [-0.3, -0.25) is 4.79 Å². The van der Waals surface area contributed by atoms with Crippen LogP contribution in [0.2, 0.25) is 0 Å². The van der Waals surface area contributed by atoms with Crippen LogP contribution in [-0.4, -0.2) is 18.0 Å². The first kappa shape index (κ1) is 16.1. The number of benzene rings is 1. The van der Waals surface area contributed by atoms with Gasteiger partial charge in [0.1, 0.15) is 12.4 Å². The molecule has 0 bridgehead atoms. The molecule has 1 aromatic carbocycles. The highest BCUT2D eigenvalue weighted by atomic mass is 32.1. The lowest BCUT2D eigenvalue weighted by molar-refractivity contribution is 0.0947. The van der Waals surface area contributed by atoms with Crippen LogP contribution in [0.4, 0.5) is 0 Å². The molecule has 3 aromatic rings. The molecule has 3 rings (SSSR count). The number of ether oxygens (including phenoxy) is 2. The van der Waals surface area contributed by atoms with Crippen molar-refractivity contribution in [3.8, 4) is 11.5 Å². The predicted molar refractivity (Wildman–Crippen MR) is 89.3 cm³/mol. The van der Waals surface area contributed by atoms with E-state index in [-0.39, 0.29) is 5.91 Å². The topological polar surface area (TPSA) is 73.6 Å². The SMILES string of the molecule is COc1cc(C(=O)NCc2ccco2)ccc1OCc1cscn1. The molecule has 0 fully saturated rings. The van der Waals surface area contributed by atoms with Crippen LogP contribution in [0.3, 0.4) is 0 Å². The maximum Gasteiger partial charge on any atom is 0.251 e. The molecule has 0 atom stereocenters. The Kier molecular flexibility index (Phi) is 5.12. The van der Waals surface area contributed by atoms with Crippen LogP contribution in [-0.2, 0) is 13.2 Å². The number of furan rings is 1.